The van der Waals surface area contributed by atoms with Crippen molar-refractivity contribution in [2.75, 3.05) is 0 Å². The molecule has 0 heterocycles. The number of ketones is 1. The Balaban J connectivity index is 2.64. The van der Waals surface area contributed by atoms with E-state index in [4.69, 9.17) is 5.11 Å². The van der Waals surface area contributed by atoms with E-state index in [2.05, 4.69) is 27.7 Å². The summed E-state index contributed by atoms with van der Waals surface area (Å²) in [5.74, 6) is -0.212. The van der Waals surface area contributed by atoms with Crippen molar-refractivity contribution < 1.29 is 19.8 Å². The molecule has 1 aliphatic carbocycles. The second-order valence-corrected chi connectivity index (χ2v) is 8.74. The largest absolute Gasteiger partial charge is 0.481 e. The summed E-state index contributed by atoms with van der Waals surface area (Å²) < 4.78 is 0. The van der Waals surface area contributed by atoms with Crippen LogP contribution < -0.4 is 0 Å². The van der Waals surface area contributed by atoms with Crippen LogP contribution in [0.4, 0.5) is 0 Å². The molecular weight excluding hydrogens is 340 g/mol. The van der Waals surface area contributed by atoms with Crippen LogP contribution in [0.5, 0.6) is 0 Å². The van der Waals surface area contributed by atoms with Crippen molar-refractivity contribution in [2.45, 2.75) is 85.2 Å². The summed E-state index contributed by atoms with van der Waals surface area (Å²) in [6.45, 7) is 8.44. The fourth-order valence-corrected chi connectivity index (χ4v) is 3.76. The molecule has 1 aliphatic rings. The molecule has 1 saturated carbocycles. The number of aliphatic carboxylic acids is 1. The van der Waals surface area contributed by atoms with Gasteiger partial charge in [-0.25, -0.2) is 0 Å². The number of carbonyl (C=O) groups is 2. The standard InChI is InChI=1S/C23H38O4/c1-5-6-15-23(3,4)21(25)14-13-18-17(2)16-20(24)19(18)11-9-7-8-10-12-22(26)27/h9,11,13-14,17-19,21,25H,5-8,10,12,15-16H2,1-4H3,(H,26,27)/b11-9?,14-13+/t17-,18-,19-,21-/m1/s1. The van der Waals surface area contributed by atoms with Gasteiger partial charge in [-0.05, 0) is 42.9 Å². The first-order chi connectivity index (χ1) is 12.7. The minimum absolute atomic E-state index is 0.123. The highest BCUT2D eigenvalue weighted by Gasteiger charge is 2.37. The Labute approximate surface area is 164 Å². The van der Waals surface area contributed by atoms with Crippen LogP contribution in [0.15, 0.2) is 24.3 Å². The fourth-order valence-electron chi connectivity index (χ4n) is 3.76. The van der Waals surface area contributed by atoms with Gasteiger partial charge in [-0.15, -0.1) is 0 Å². The van der Waals surface area contributed by atoms with E-state index in [0.717, 1.165) is 32.1 Å². The number of aliphatic hydroxyl groups excluding tert-OH is 1. The Morgan fingerprint density at radius 1 is 1.26 bits per heavy atom. The Bertz CT molecular complexity index is 532. The summed E-state index contributed by atoms with van der Waals surface area (Å²) in [5, 5.41) is 19.2. The van der Waals surface area contributed by atoms with Crippen LogP contribution in [0.3, 0.4) is 0 Å². The lowest BCUT2D eigenvalue weighted by Gasteiger charge is -2.29. The molecule has 0 aromatic heterocycles. The first-order valence-corrected chi connectivity index (χ1v) is 10.5. The zero-order valence-corrected chi connectivity index (χ0v) is 17.5. The topological polar surface area (TPSA) is 74.6 Å². The third kappa shape index (κ3) is 8.00. The van der Waals surface area contributed by atoms with Gasteiger partial charge in [-0.3, -0.25) is 9.59 Å². The maximum absolute atomic E-state index is 12.4. The van der Waals surface area contributed by atoms with Gasteiger partial charge in [-0.2, -0.15) is 0 Å². The van der Waals surface area contributed by atoms with E-state index in [0.29, 0.717) is 12.8 Å². The smallest absolute Gasteiger partial charge is 0.303 e. The molecule has 0 bridgehead atoms. The van der Waals surface area contributed by atoms with Gasteiger partial charge in [0.05, 0.1) is 6.10 Å². The number of hydrogen-bond acceptors (Lipinski definition) is 3. The molecule has 0 aromatic carbocycles. The van der Waals surface area contributed by atoms with Crippen LogP contribution in [0, 0.1) is 23.2 Å². The zero-order valence-electron chi connectivity index (χ0n) is 17.5. The quantitative estimate of drug-likeness (QED) is 0.363. The summed E-state index contributed by atoms with van der Waals surface area (Å²) in [5.41, 5.74) is -0.159. The zero-order chi connectivity index (χ0) is 20.4. The second kappa shape index (κ2) is 11.4. The number of carbonyl (C=O) groups excluding carboxylic acids is 1. The van der Waals surface area contributed by atoms with Crippen LogP contribution in [0.1, 0.15) is 79.1 Å². The Morgan fingerprint density at radius 2 is 1.96 bits per heavy atom. The normalized spacial score (nSPS) is 24.9. The molecule has 154 valence electrons. The molecule has 0 amide bonds. The molecule has 0 saturated heterocycles. The maximum atomic E-state index is 12.4. The van der Waals surface area contributed by atoms with Crippen LogP contribution in [0.2, 0.25) is 0 Å². The van der Waals surface area contributed by atoms with Crippen molar-refractivity contribution in [3.05, 3.63) is 24.3 Å². The first kappa shape index (κ1) is 23.6. The number of hydrogen-bond donors (Lipinski definition) is 2. The summed E-state index contributed by atoms with van der Waals surface area (Å²) in [7, 11) is 0. The predicted molar refractivity (Wildman–Crippen MR) is 109 cm³/mol. The molecule has 0 unspecified atom stereocenters. The van der Waals surface area contributed by atoms with Gasteiger partial charge in [0.1, 0.15) is 5.78 Å². The molecule has 0 aromatic rings. The van der Waals surface area contributed by atoms with Gasteiger partial charge in [0, 0.05) is 18.8 Å². The van der Waals surface area contributed by atoms with E-state index < -0.39 is 12.1 Å². The molecule has 0 spiro atoms. The van der Waals surface area contributed by atoms with E-state index in [1.165, 1.54) is 0 Å². The van der Waals surface area contributed by atoms with Crippen molar-refractivity contribution in [3.63, 3.8) is 0 Å². The van der Waals surface area contributed by atoms with Crippen molar-refractivity contribution in [2.24, 2.45) is 23.2 Å². The minimum atomic E-state index is -0.760. The van der Waals surface area contributed by atoms with E-state index in [9.17, 15) is 14.7 Å². The van der Waals surface area contributed by atoms with Crippen molar-refractivity contribution in [1.29, 1.82) is 0 Å². The van der Waals surface area contributed by atoms with Crippen molar-refractivity contribution in [3.8, 4) is 0 Å². The Hall–Kier alpha value is -1.42. The Morgan fingerprint density at radius 3 is 2.59 bits per heavy atom. The number of aliphatic hydroxyl groups is 1. The lowest BCUT2D eigenvalue weighted by Crippen LogP contribution is -2.27. The summed E-state index contributed by atoms with van der Waals surface area (Å²) in [4.78, 5) is 22.9. The van der Waals surface area contributed by atoms with Crippen molar-refractivity contribution in [1.82, 2.24) is 0 Å². The van der Waals surface area contributed by atoms with E-state index in [1.807, 2.05) is 24.3 Å². The molecule has 27 heavy (non-hydrogen) atoms. The minimum Gasteiger partial charge on any atom is -0.481 e. The molecular formula is C23H38O4. The number of unbranched alkanes of at least 4 members (excludes halogenated alkanes) is 3. The number of allylic oxidation sites excluding steroid dienone is 3. The number of rotatable bonds is 12. The highest BCUT2D eigenvalue weighted by molar-refractivity contribution is 5.85. The van der Waals surface area contributed by atoms with Gasteiger partial charge in [0.15, 0.2) is 0 Å². The maximum Gasteiger partial charge on any atom is 0.303 e. The van der Waals surface area contributed by atoms with E-state index >= 15 is 0 Å². The van der Waals surface area contributed by atoms with Gasteiger partial charge in [-0.1, -0.05) is 64.8 Å². The number of carboxylic acids is 1. The molecule has 4 atom stereocenters. The summed E-state index contributed by atoms with van der Waals surface area (Å²) in [6.07, 6.45) is 13.7. The van der Waals surface area contributed by atoms with Crippen LogP contribution >= 0.6 is 0 Å². The van der Waals surface area contributed by atoms with Crippen molar-refractivity contribution >= 4 is 11.8 Å². The molecule has 1 fully saturated rings. The number of Topliss-reactive ketones (excluding diaryl/α,β-unsaturated/α-hetero) is 1. The van der Waals surface area contributed by atoms with Gasteiger partial charge >= 0.3 is 5.97 Å². The Kier molecular flexibility index (Phi) is 10.00. The molecule has 0 aliphatic heterocycles. The average Bonchev–Trinajstić information content (AvgIpc) is 2.86. The molecule has 0 radical (unpaired) electrons. The predicted octanol–water partition coefficient (Wildman–Crippen LogP) is 5.16. The van der Waals surface area contributed by atoms with Crippen LogP contribution in [0.25, 0.3) is 0 Å². The third-order valence-electron chi connectivity index (χ3n) is 5.81. The highest BCUT2D eigenvalue weighted by Crippen LogP contribution is 2.37. The molecule has 4 heteroatoms. The monoisotopic (exact) mass is 378 g/mol. The van der Waals surface area contributed by atoms with E-state index in [-0.39, 0.29) is 35.4 Å². The third-order valence-corrected chi connectivity index (χ3v) is 5.81. The van der Waals surface area contributed by atoms with Gasteiger partial charge < -0.3 is 10.2 Å². The van der Waals surface area contributed by atoms with Gasteiger partial charge in [0.2, 0.25) is 0 Å². The fraction of sp³-hybridized carbons (Fsp3) is 0.739. The SMILES string of the molecule is CCCCC(C)(C)[C@H](O)/C=C/[C@@H]1[C@H](C)CC(=O)[C@@H]1C=CCCCCC(=O)O. The summed E-state index contributed by atoms with van der Waals surface area (Å²) in [6, 6.07) is 0. The molecule has 2 N–H and O–H groups in total. The van der Waals surface area contributed by atoms with Crippen LogP contribution in [-0.2, 0) is 9.59 Å². The average molecular weight is 379 g/mol. The lowest BCUT2D eigenvalue weighted by atomic mass is 9.80. The first-order valence-electron chi connectivity index (χ1n) is 10.5. The highest BCUT2D eigenvalue weighted by atomic mass is 16.4. The molecule has 1 rings (SSSR count). The lowest BCUT2D eigenvalue weighted by molar-refractivity contribution is -0.137. The van der Waals surface area contributed by atoms with Crippen LogP contribution in [-0.4, -0.2) is 28.1 Å². The number of carboxylic acid groups (broad SMARTS) is 1. The van der Waals surface area contributed by atoms with Gasteiger partial charge in [0.25, 0.3) is 0 Å². The molecule has 4 nitrogen and oxygen atoms in total. The van der Waals surface area contributed by atoms with E-state index in [1.54, 1.807) is 0 Å². The second-order valence-electron chi connectivity index (χ2n) is 8.74. The summed E-state index contributed by atoms with van der Waals surface area (Å²) >= 11 is 0.